The Hall–Kier alpha value is -2.87. The fourth-order valence-corrected chi connectivity index (χ4v) is 4.91. The summed E-state index contributed by atoms with van der Waals surface area (Å²) in [6.07, 6.45) is 1.62. The van der Waals surface area contributed by atoms with E-state index in [0.717, 1.165) is 22.3 Å². The Morgan fingerprint density at radius 2 is 1.67 bits per heavy atom. The quantitative estimate of drug-likeness (QED) is 0.505. The average Bonchev–Trinajstić information content (AvgIpc) is 2.74. The molecule has 0 saturated heterocycles. The van der Waals surface area contributed by atoms with E-state index in [4.69, 9.17) is 0 Å². The number of carbonyl (C=O) groups excluding carboxylic acids is 2. The fraction of sp³-hybridized carbons (Fsp3) is 0.500. The first-order chi connectivity index (χ1) is 16.6. The van der Waals surface area contributed by atoms with E-state index in [0.29, 0.717) is 18.7 Å². The minimum absolute atomic E-state index is 0.121. The van der Waals surface area contributed by atoms with E-state index >= 15 is 0 Å². The predicted octanol–water partition coefficient (Wildman–Crippen LogP) is 4.49. The molecule has 2 aromatic carbocycles. The molecule has 2 rings (SSSR count). The standard InChI is InChI=1S/C28H41N3O4S/c1-20-11-9-12-24(17-20)19-30(23(4)27(33)29-28(5,6)7)26(32)13-10-16-31(36(8,34)35)25-15-14-21(2)22(3)18-25/h9,11-12,14-15,17-18,23H,10,13,16,19H2,1-8H3,(H,29,33)/t23-/m0/s1. The van der Waals surface area contributed by atoms with Crippen LogP contribution in [0.1, 0.15) is 62.8 Å². The minimum Gasteiger partial charge on any atom is -0.350 e. The van der Waals surface area contributed by atoms with Crippen LogP contribution in [0.15, 0.2) is 42.5 Å². The molecule has 1 atom stereocenters. The van der Waals surface area contributed by atoms with Crippen LogP contribution < -0.4 is 9.62 Å². The lowest BCUT2D eigenvalue weighted by molar-refractivity contribution is -0.141. The van der Waals surface area contributed by atoms with Gasteiger partial charge in [-0.25, -0.2) is 8.42 Å². The van der Waals surface area contributed by atoms with Crippen LogP contribution in [-0.4, -0.2) is 49.5 Å². The highest BCUT2D eigenvalue weighted by molar-refractivity contribution is 7.92. The van der Waals surface area contributed by atoms with Gasteiger partial charge in [-0.2, -0.15) is 0 Å². The van der Waals surface area contributed by atoms with Crippen molar-refractivity contribution < 1.29 is 18.0 Å². The second kappa shape index (κ2) is 11.9. The van der Waals surface area contributed by atoms with Crippen molar-refractivity contribution in [2.75, 3.05) is 17.1 Å². The lowest BCUT2D eigenvalue weighted by Gasteiger charge is -2.32. The van der Waals surface area contributed by atoms with Crippen molar-refractivity contribution in [3.8, 4) is 0 Å². The normalized spacial score (nSPS) is 12.7. The van der Waals surface area contributed by atoms with Gasteiger partial charge in [-0.1, -0.05) is 35.9 Å². The lowest BCUT2D eigenvalue weighted by Crippen LogP contribution is -2.52. The molecule has 2 aromatic rings. The van der Waals surface area contributed by atoms with Crippen LogP contribution >= 0.6 is 0 Å². The molecule has 8 heteroatoms. The molecule has 0 heterocycles. The maximum absolute atomic E-state index is 13.4. The van der Waals surface area contributed by atoms with Crippen molar-refractivity contribution in [3.05, 3.63) is 64.7 Å². The van der Waals surface area contributed by atoms with Crippen LogP contribution in [-0.2, 0) is 26.2 Å². The highest BCUT2D eigenvalue weighted by Gasteiger charge is 2.28. The highest BCUT2D eigenvalue weighted by atomic mass is 32.2. The molecule has 0 aliphatic rings. The summed E-state index contributed by atoms with van der Waals surface area (Å²) in [6, 6.07) is 12.7. The van der Waals surface area contributed by atoms with Crippen LogP contribution in [0.5, 0.6) is 0 Å². The molecule has 0 aromatic heterocycles. The monoisotopic (exact) mass is 515 g/mol. The number of nitrogens with one attached hydrogen (secondary N) is 1. The van der Waals surface area contributed by atoms with Gasteiger partial charge >= 0.3 is 0 Å². The molecule has 0 unspecified atom stereocenters. The molecule has 0 bridgehead atoms. The Morgan fingerprint density at radius 3 is 2.22 bits per heavy atom. The summed E-state index contributed by atoms with van der Waals surface area (Å²) in [5.41, 5.74) is 4.25. The van der Waals surface area contributed by atoms with Crippen LogP contribution in [0.4, 0.5) is 5.69 Å². The molecule has 2 amide bonds. The van der Waals surface area contributed by atoms with E-state index in [1.165, 1.54) is 10.6 Å². The van der Waals surface area contributed by atoms with Gasteiger partial charge in [0.05, 0.1) is 11.9 Å². The van der Waals surface area contributed by atoms with Gasteiger partial charge < -0.3 is 10.2 Å². The summed E-state index contributed by atoms with van der Waals surface area (Å²) in [5.74, 6) is -0.419. The third kappa shape index (κ3) is 8.66. The van der Waals surface area contributed by atoms with Crippen LogP contribution in [0.25, 0.3) is 0 Å². The van der Waals surface area contributed by atoms with Crippen molar-refractivity contribution >= 4 is 27.5 Å². The molecule has 0 spiro atoms. The summed E-state index contributed by atoms with van der Waals surface area (Å²) in [4.78, 5) is 27.9. The van der Waals surface area contributed by atoms with Crippen molar-refractivity contribution in [2.45, 2.75) is 79.4 Å². The van der Waals surface area contributed by atoms with Crippen molar-refractivity contribution in [3.63, 3.8) is 0 Å². The zero-order valence-electron chi connectivity index (χ0n) is 22.9. The number of anilines is 1. The maximum atomic E-state index is 13.4. The Labute approximate surface area is 216 Å². The molecule has 0 aliphatic carbocycles. The smallest absolute Gasteiger partial charge is 0.242 e. The van der Waals surface area contributed by atoms with Gasteiger partial charge in [0.25, 0.3) is 0 Å². The van der Waals surface area contributed by atoms with E-state index in [1.807, 2.05) is 77.9 Å². The van der Waals surface area contributed by atoms with E-state index in [2.05, 4.69) is 5.32 Å². The summed E-state index contributed by atoms with van der Waals surface area (Å²) in [5, 5.41) is 2.96. The van der Waals surface area contributed by atoms with Gasteiger partial charge in [-0.15, -0.1) is 0 Å². The van der Waals surface area contributed by atoms with Crippen molar-refractivity contribution in [1.29, 1.82) is 0 Å². The summed E-state index contributed by atoms with van der Waals surface area (Å²) >= 11 is 0. The number of nitrogens with zero attached hydrogens (tertiary/aromatic N) is 2. The first kappa shape index (κ1) is 29.4. The van der Waals surface area contributed by atoms with Crippen molar-refractivity contribution in [1.82, 2.24) is 10.2 Å². The van der Waals surface area contributed by atoms with E-state index in [9.17, 15) is 18.0 Å². The van der Waals surface area contributed by atoms with Gasteiger partial charge in [0.1, 0.15) is 6.04 Å². The number of sulfonamides is 1. The summed E-state index contributed by atoms with van der Waals surface area (Å²) in [6.45, 7) is 13.8. The Bertz CT molecular complexity index is 1190. The lowest BCUT2D eigenvalue weighted by atomic mass is 10.1. The molecule has 0 saturated carbocycles. The fourth-order valence-electron chi connectivity index (χ4n) is 3.95. The van der Waals surface area contributed by atoms with Gasteiger partial charge in [-0.3, -0.25) is 13.9 Å². The first-order valence-corrected chi connectivity index (χ1v) is 14.2. The summed E-state index contributed by atoms with van der Waals surface area (Å²) < 4.78 is 26.4. The second-order valence-corrected chi connectivity index (χ2v) is 12.5. The molecular weight excluding hydrogens is 474 g/mol. The maximum Gasteiger partial charge on any atom is 0.242 e. The Balaban J connectivity index is 2.21. The topological polar surface area (TPSA) is 86.8 Å². The molecule has 7 nitrogen and oxygen atoms in total. The van der Waals surface area contributed by atoms with E-state index in [-0.39, 0.29) is 24.8 Å². The Morgan fingerprint density at radius 1 is 1.00 bits per heavy atom. The minimum atomic E-state index is -3.52. The van der Waals surface area contributed by atoms with E-state index < -0.39 is 21.6 Å². The summed E-state index contributed by atoms with van der Waals surface area (Å²) in [7, 11) is -3.52. The predicted molar refractivity (Wildman–Crippen MR) is 146 cm³/mol. The van der Waals surface area contributed by atoms with Gasteiger partial charge in [0.15, 0.2) is 0 Å². The molecule has 36 heavy (non-hydrogen) atoms. The number of hydrogen-bond acceptors (Lipinski definition) is 4. The van der Waals surface area contributed by atoms with Crippen LogP contribution in [0, 0.1) is 20.8 Å². The number of amides is 2. The van der Waals surface area contributed by atoms with Gasteiger partial charge in [-0.05, 0) is 83.7 Å². The zero-order chi connectivity index (χ0) is 27.3. The average molecular weight is 516 g/mol. The van der Waals surface area contributed by atoms with Gasteiger partial charge in [0.2, 0.25) is 21.8 Å². The Kier molecular flexibility index (Phi) is 9.71. The van der Waals surface area contributed by atoms with E-state index in [1.54, 1.807) is 17.9 Å². The molecule has 198 valence electrons. The number of aryl methyl sites for hydroxylation is 3. The molecule has 1 N–H and O–H groups in total. The largest absolute Gasteiger partial charge is 0.350 e. The molecule has 0 aliphatic heterocycles. The molecule has 0 radical (unpaired) electrons. The van der Waals surface area contributed by atoms with Crippen molar-refractivity contribution in [2.24, 2.45) is 0 Å². The van der Waals surface area contributed by atoms with Crippen LogP contribution in [0.2, 0.25) is 0 Å². The number of benzene rings is 2. The second-order valence-electron chi connectivity index (χ2n) is 10.6. The third-order valence-electron chi connectivity index (χ3n) is 6.03. The molecular formula is C28H41N3O4S. The highest BCUT2D eigenvalue weighted by Crippen LogP contribution is 2.22. The van der Waals surface area contributed by atoms with Gasteiger partial charge in [0, 0.05) is 25.0 Å². The molecule has 0 fully saturated rings. The third-order valence-corrected chi connectivity index (χ3v) is 7.23. The van der Waals surface area contributed by atoms with Crippen LogP contribution in [0.3, 0.4) is 0 Å². The first-order valence-electron chi connectivity index (χ1n) is 12.3. The zero-order valence-corrected chi connectivity index (χ0v) is 23.7. The number of carbonyl (C=O) groups is 2. The number of hydrogen-bond donors (Lipinski definition) is 1. The SMILES string of the molecule is Cc1cccc(CN(C(=O)CCCN(c2ccc(C)c(C)c2)S(C)(=O)=O)[C@@H](C)C(=O)NC(C)(C)C)c1. The number of rotatable bonds is 10.